The van der Waals surface area contributed by atoms with Gasteiger partial charge in [0.2, 0.25) is 5.91 Å². The Labute approximate surface area is 218 Å². The first kappa shape index (κ1) is 24.8. The number of hydrogen-bond acceptors (Lipinski definition) is 4. The van der Waals surface area contributed by atoms with Gasteiger partial charge >= 0.3 is 0 Å². The van der Waals surface area contributed by atoms with E-state index in [0.29, 0.717) is 5.75 Å². The molecule has 0 radical (unpaired) electrons. The zero-order valence-electron chi connectivity index (χ0n) is 21.8. The third kappa shape index (κ3) is 5.78. The number of nitrogens with one attached hydrogen (secondary N) is 1. The number of amides is 1. The van der Waals surface area contributed by atoms with Crippen LogP contribution in [0.3, 0.4) is 0 Å². The number of fused-ring (bicyclic) bond motifs is 1. The van der Waals surface area contributed by atoms with Gasteiger partial charge in [-0.2, -0.15) is 0 Å². The van der Waals surface area contributed by atoms with E-state index >= 15 is 0 Å². The van der Waals surface area contributed by atoms with E-state index in [9.17, 15) is 4.79 Å². The Balaban J connectivity index is 1.28. The Bertz CT molecular complexity index is 1400. The molecule has 0 bridgehead atoms. The topological polar surface area (TPSA) is 54.7 Å². The minimum Gasteiger partial charge on any atom is -0.496 e. The number of likely N-dealkylation sites (tertiary alicyclic amines) is 1. The molecule has 0 atom stereocenters. The van der Waals surface area contributed by atoms with Crippen molar-refractivity contribution in [2.45, 2.75) is 39.3 Å². The molecule has 4 aromatic rings. The molecule has 1 aliphatic heterocycles. The molecule has 0 saturated carbocycles. The monoisotopic (exact) mass is 494 g/mol. The largest absolute Gasteiger partial charge is 0.496 e. The van der Waals surface area contributed by atoms with Gasteiger partial charge in [0.1, 0.15) is 11.3 Å². The third-order valence-electron chi connectivity index (χ3n) is 7.21. The first-order valence-electron chi connectivity index (χ1n) is 12.9. The molecule has 5 nitrogen and oxygen atoms in total. The van der Waals surface area contributed by atoms with Crippen LogP contribution in [0.5, 0.6) is 5.75 Å². The van der Waals surface area contributed by atoms with Gasteiger partial charge in [-0.1, -0.05) is 60.2 Å². The van der Waals surface area contributed by atoms with Crippen LogP contribution in [0.1, 0.15) is 36.5 Å². The number of nitrogens with zero attached hydrogens (tertiary/aromatic N) is 1. The zero-order valence-corrected chi connectivity index (χ0v) is 21.8. The van der Waals surface area contributed by atoms with Gasteiger partial charge in [-0.05, 0) is 49.5 Å². The van der Waals surface area contributed by atoms with Gasteiger partial charge < -0.3 is 14.5 Å². The molecule has 1 fully saturated rings. The molecule has 5 rings (SSSR count). The number of rotatable bonds is 7. The van der Waals surface area contributed by atoms with Crippen molar-refractivity contribution in [1.82, 2.24) is 10.2 Å². The molecule has 1 aliphatic rings. The van der Waals surface area contributed by atoms with Crippen LogP contribution in [0.2, 0.25) is 0 Å². The van der Waals surface area contributed by atoms with Crippen LogP contribution in [0.25, 0.3) is 27.7 Å². The molecule has 1 aromatic heterocycles. The van der Waals surface area contributed by atoms with E-state index in [1.54, 1.807) is 19.4 Å². The first-order chi connectivity index (χ1) is 18.0. The molecule has 37 heavy (non-hydrogen) atoms. The van der Waals surface area contributed by atoms with Crippen LogP contribution in [0.15, 0.2) is 83.5 Å². The molecular weight excluding hydrogens is 460 g/mol. The molecular formula is C32H34N2O3. The summed E-state index contributed by atoms with van der Waals surface area (Å²) in [6, 6.07) is 23.1. The highest BCUT2D eigenvalue weighted by molar-refractivity contribution is 6.00. The number of carbonyl (C=O) groups is 1. The average Bonchev–Trinajstić information content (AvgIpc) is 3.33. The number of aryl methyl sites for hydroxylation is 1. The van der Waals surface area contributed by atoms with Crippen molar-refractivity contribution in [3.05, 3.63) is 95.8 Å². The van der Waals surface area contributed by atoms with Crippen molar-refractivity contribution < 1.29 is 13.9 Å². The number of ether oxygens (including phenoxy) is 1. The fourth-order valence-electron chi connectivity index (χ4n) is 5.08. The van der Waals surface area contributed by atoms with E-state index in [4.69, 9.17) is 9.15 Å². The minimum atomic E-state index is -0.0629. The SMILES string of the molecule is COc1cc2occ(-c3ccc(C)cc3)c2cc1/C(C)=C/C(=O)NC1CCN(Cc2ccccc2)CC1. The Morgan fingerprint density at radius 3 is 2.51 bits per heavy atom. The van der Waals surface area contributed by atoms with Gasteiger partial charge in [0.15, 0.2) is 0 Å². The second-order valence-corrected chi connectivity index (χ2v) is 9.94. The Morgan fingerprint density at radius 2 is 1.81 bits per heavy atom. The second kappa shape index (κ2) is 11.1. The number of allylic oxidation sites excluding steroid dienone is 1. The Morgan fingerprint density at radius 1 is 1.08 bits per heavy atom. The van der Waals surface area contributed by atoms with E-state index < -0.39 is 0 Å². The highest BCUT2D eigenvalue weighted by Crippen LogP contribution is 2.37. The molecule has 2 heterocycles. The summed E-state index contributed by atoms with van der Waals surface area (Å²) in [5.74, 6) is 0.625. The normalized spacial score (nSPS) is 15.2. The van der Waals surface area contributed by atoms with E-state index in [0.717, 1.165) is 65.7 Å². The maximum absolute atomic E-state index is 12.9. The zero-order chi connectivity index (χ0) is 25.8. The Kier molecular flexibility index (Phi) is 7.42. The van der Waals surface area contributed by atoms with Crippen molar-refractivity contribution in [3.63, 3.8) is 0 Å². The van der Waals surface area contributed by atoms with E-state index in [-0.39, 0.29) is 11.9 Å². The van der Waals surface area contributed by atoms with Crippen LogP contribution >= 0.6 is 0 Å². The summed E-state index contributed by atoms with van der Waals surface area (Å²) in [7, 11) is 1.64. The van der Waals surface area contributed by atoms with E-state index in [1.165, 1.54) is 11.1 Å². The summed E-state index contributed by atoms with van der Waals surface area (Å²) in [6.45, 7) is 6.96. The predicted molar refractivity (Wildman–Crippen MR) is 149 cm³/mol. The molecule has 1 amide bonds. The first-order valence-corrected chi connectivity index (χ1v) is 12.9. The number of methoxy groups -OCH3 is 1. The fraction of sp³-hybridized carbons (Fsp3) is 0.281. The smallest absolute Gasteiger partial charge is 0.244 e. The van der Waals surface area contributed by atoms with E-state index in [1.807, 2.05) is 19.1 Å². The maximum Gasteiger partial charge on any atom is 0.244 e. The fourth-order valence-corrected chi connectivity index (χ4v) is 5.08. The molecule has 3 aromatic carbocycles. The van der Waals surface area contributed by atoms with Crippen molar-refractivity contribution in [1.29, 1.82) is 0 Å². The summed E-state index contributed by atoms with van der Waals surface area (Å²) >= 11 is 0. The number of hydrogen-bond donors (Lipinski definition) is 1. The van der Waals surface area contributed by atoms with Gasteiger partial charge in [0.25, 0.3) is 0 Å². The lowest BCUT2D eigenvalue weighted by Crippen LogP contribution is -2.43. The number of carbonyl (C=O) groups excluding carboxylic acids is 1. The lowest BCUT2D eigenvalue weighted by atomic mass is 9.98. The minimum absolute atomic E-state index is 0.0629. The van der Waals surface area contributed by atoms with E-state index in [2.05, 4.69) is 71.7 Å². The van der Waals surface area contributed by atoms with Crippen LogP contribution in [-0.2, 0) is 11.3 Å². The van der Waals surface area contributed by atoms with Crippen LogP contribution in [0.4, 0.5) is 0 Å². The highest BCUT2D eigenvalue weighted by Gasteiger charge is 2.21. The van der Waals surface area contributed by atoms with Gasteiger partial charge in [-0.3, -0.25) is 9.69 Å². The molecule has 0 unspecified atom stereocenters. The summed E-state index contributed by atoms with van der Waals surface area (Å²) in [4.78, 5) is 15.4. The van der Waals surface area contributed by atoms with Crippen LogP contribution in [0, 0.1) is 6.92 Å². The van der Waals surface area contributed by atoms with Crippen molar-refractivity contribution in [2.75, 3.05) is 20.2 Å². The van der Waals surface area contributed by atoms with Gasteiger partial charge in [-0.25, -0.2) is 0 Å². The summed E-state index contributed by atoms with van der Waals surface area (Å²) in [5, 5.41) is 4.21. The lowest BCUT2D eigenvalue weighted by molar-refractivity contribution is -0.117. The third-order valence-corrected chi connectivity index (χ3v) is 7.21. The lowest BCUT2D eigenvalue weighted by Gasteiger charge is -2.32. The van der Waals surface area contributed by atoms with Crippen molar-refractivity contribution in [3.8, 4) is 16.9 Å². The van der Waals surface area contributed by atoms with Crippen LogP contribution < -0.4 is 10.1 Å². The summed E-state index contributed by atoms with van der Waals surface area (Å²) in [6.07, 6.45) is 5.38. The molecule has 190 valence electrons. The molecule has 0 aliphatic carbocycles. The van der Waals surface area contributed by atoms with Crippen LogP contribution in [-0.4, -0.2) is 37.0 Å². The molecule has 1 N–H and O–H groups in total. The second-order valence-electron chi connectivity index (χ2n) is 9.94. The summed E-state index contributed by atoms with van der Waals surface area (Å²) in [5.41, 5.74) is 7.17. The average molecular weight is 495 g/mol. The number of furan rings is 1. The standard InChI is InChI=1S/C32H34N2O3/c1-22-9-11-25(12-10-22)29-21-37-31-19-30(36-3)27(18-28(29)31)23(2)17-32(35)33-26-13-15-34(16-14-26)20-24-7-5-4-6-8-24/h4-12,17-19,21,26H,13-16,20H2,1-3H3,(H,33,35)/b23-17+. The quantitative estimate of drug-likeness (QED) is 0.294. The molecule has 1 saturated heterocycles. The Hall–Kier alpha value is -3.83. The molecule has 0 spiro atoms. The van der Waals surface area contributed by atoms with Gasteiger partial charge in [0.05, 0.1) is 13.4 Å². The highest BCUT2D eigenvalue weighted by atomic mass is 16.5. The predicted octanol–water partition coefficient (Wildman–Crippen LogP) is 6.60. The number of benzene rings is 3. The van der Waals surface area contributed by atoms with Gasteiger partial charge in [-0.15, -0.1) is 0 Å². The number of piperidine rings is 1. The molecule has 5 heteroatoms. The van der Waals surface area contributed by atoms with Crippen molar-refractivity contribution >= 4 is 22.4 Å². The summed E-state index contributed by atoms with van der Waals surface area (Å²) < 4.78 is 11.5. The van der Waals surface area contributed by atoms with Gasteiger partial charge in [0, 0.05) is 54.3 Å². The van der Waals surface area contributed by atoms with Crippen molar-refractivity contribution in [2.24, 2.45) is 0 Å². The maximum atomic E-state index is 12.9.